The van der Waals surface area contributed by atoms with E-state index < -0.39 is 0 Å². The van der Waals surface area contributed by atoms with Gasteiger partial charge in [-0.25, -0.2) is 0 Å². The molecule has 0 aromatic heterocycles. The lowest BCUT2D eigenvalue weighted by molar-refractivity contribution is 0.0553. The van der Waals surface area contributed by atoms with E-state index in [0.29, 0.717) is 18.1 Å². The van der Waals surface area contributed by atoms with Gasteiger partial charge in [-0.2, -0.15) is 0 Å². The van der Waals surface area contributed by atoms with Crippen molar-refractivity contribution in [3.8, 4) is 0 Å². The second-order valence-corrected chi connectivity index (χ2v) is 5.46. The van der Waals surface area contributed by atoms with Crippen molar-refractivity contribution >= 4 is 0 Å². The molecule has 0 spiro atoms. The first-order chi connectivity index (χ1) is 9.15. The van der Waals surface area contributed by atoms with Crippen molar-refractivity contribution in [2.45, 2.75) is 78.4 Å². The molecule has 0 amide bonds. The molecule has 1 N–H and O–H groups in total. The average Bonchev–Trinajstić information content (AvgIpc) is 2.41. The van der Waals surface area contributed by atoms with Crippen molar-refractivity contribution in [2.24, 2.45) is 0 Å². The summed E-state index contributed by atoms with van der Waals surface area (Å²) in [4.78, 5) is 2.60. The van der Waals surface area contributed by atoms with Gasteiger partial charge in [0.25, 0.3) is 0 Å². The smallest absolute Gasteiger partial charge is 0.0615 e. The molecular weight excluding hydrogens is 236 g/mol. The van der Waals surface area contributed by atoms with Crippen LogP contribution in [-0.4, -0.2) is 49.8 Å². The molecule has 0 saturated heterocycles. The molecule has 0 fully saturated rings. The third-order valence-corrected chi connectivity index (χ3v) is 3.90. The van der Waals surface area contributed by atoms with Crippen molar-refractivity contribution < 1.29 is 4.74 Å². The lowest BCUT2D eigenvalue weighted by atomic mass is 9.97. The van der Waals surface area contributed by atoms with Crippen molar-refractivity contribution in [3.05, 3.63) is 0 Å². The molecule has 0 radical (unpaired) electrons. The van der Waals surface area contributed by atoms with Crippen LogP contribution in [0.25, 0.3) is 0 Å². The first kappa shape index (κ1) is 18.9. The van der Waals surface area contributed by atoms with Gasteiger partial charge in [-0.15, -0.1) is 0 Å². The quantitative estimate of drug-likeness (QED) is 0.590. The largest absolute Gasteiger partial charge is 0.383 e. The first-order valence-electron chi connectivity index (χ1n) is 8.14. The molecule has 3 unspecified atom stereocenters. The van der Waals surface area contributed by atoms with Gasteiger partial charge >= 0.3 is 0 Å². The number of ether oxygens (including phenoxy) is 1. The second kappa shape index (κ2) is 11.7. The van der Waals surface area contributed by atoms with E-state index in [4.69, 9.17) is 4.74 Å². The van der Waals surface area contributed by atoms with Crippen LogP contribution < -0.4 is 5.32 Å². The Morgan fingerprint density at radius 1 is 1.11 bits per heavy atom. The first-order valence-corrected chi connectivity index (χ1v) is 8.14. The molecule has 0 aromatic carbocycles. The maximum Gasteiger partial charge on any atom is 0.0615 e. The molecule has 3 heteroatoms. The van der Waals surface area contributed by atoms with Gasteiger partial charge in [0.05, 0.1) is 6.61 Å². The van der Waals surface area contributed by atoms with Crippen LogP contribution in [0.1, 0.15) is 60.3 Å². The van der Waals surface area contributed by atoms with E-state index in [1.165, 1.54) is 25.7 Å². The minimum Gasteiger partial charge on any atom is -0.383 e. The van der Waals surface area contributed by atoms with E-state index in [2.05, 4.69) is 44.8 Å². The van der Waals surface area contributed by atoms with Crippen LogP contribution in [0.3, 0.4) is 0 Å². The molecule has 0 aliphatic rings. The molecule has 0 saturated carbocycles. The minimum atomic E-state index is 0.489. The van der Waals surface area contributed by atoms with Gasteiger partial charge in [-0.05, 0) is 39.3 Å². The normalized spacial score (nSPS) is 16.6. The highest BCUT2D eigenvalue weighted by Gasteiger charge is 2.27. The zero-order chi connectivity index (χ0) is 14.7. The van der Waals surface area contributed by atoms with Crippen molar-refractivity contribution in [3.63, 3.8) is 0 Å². The zero-order valence-corrected chi connectivity index (χ0v) is 14.0. The Balaban J connectivity index is 4.75. The maximum atomic E-state index is 5.34. The Morgan fingerprint density at radius 3 is 2.21 bits per heavy atom. The van der Waals surface area contributed by atoms with E-state index >= 15 is 0 Å². The lowest BCUT2D eigenvalue weighted by Gasteiger charge is -2.40. The van der Waals surface area contributed by atoms with E-state index in [0.717, 1.165) is 19.7 Å². The average molecular weight is 272 g/mol. The van der Waals surface area contributed by atoms with Crippen molar-refractivity contribution in [1.82, 2.24) is 10.2 Å². The SMILES string of the molecule is CCCNC(CCC)C(CC)N(CC)C(C)COC. The summed E-state index contributed by atoms with van der Waals surface area (Å²) in [6.07, 6.45) is 4.91. The Kier molecular flexibility index (Phi) is 11.6. The van der Waals surface area contributed by atoms with Gasteiger partial charge in [0, 0.05) is 25.2 Å². The van der Waals surface area contributed by atoms with Gasteiger partial charge in [0.2, 0.25) is 0 Å². The third-order valence-electron chi connectivity index (χ3n) is 3.90. The third kappa shape index (κ3) is 6.73. The lowest BCUT2D eigenvalue weighted by Crippen LogP contribution is -2.53. The van der Waals surface area contributed by atoms with Gasteiger partial charge < -0.3 is 10.1 Å². The summed E-state index contributed by atoms with van der Waals surface area (Å²) in [5.74, 6) is 0. The summed E-state index contributed by atoms with van der Waals surface area (Å²) in [5, 5.41) is 3.75. The highest BCUT2D eigenvalue weighted by atomic mass is 16.5. The molecule has 0 rings (SSSR count). The number of hydrogen-bond donors (Lipinski definition) is 1. The van der Waals surface area contributed by atoms with Crippen LogP contribution in [0, 0.1) is 0 Å². The summed E-state index contributed by atoms with van der Waals surface area (Å²) in [5.41, 5.74) is 0. The van der Waals surface area contributed by atoms with Crippen molar-refractivity contribution in [1.29, 1.82) is 0 Å². The topological polar surface area (TPSA) is 24.5 Å². The highest BCUT2D eigenvalue weighted by molar-refractivity contribution is 4.85. The number of methoxy groups -OCH3 is 1. The molecule has 0 aliphatic carbocycles. The molecule has 19 heavy (non-hydrogen) atoms. The Bertz CT molecular complexity index is 199. The molecule has 3 nitrogen and oxygen atoms in total. The van der Waals surface area contributed by atoms with E-state index in [1.807, 2.05) is 0 Å². The summed E-state index contributed by atoms with van der Waals surface area (Å²) in [6, 6.07) is 1.71. The molecule has 116 valence electrons. The summed E-state index contributed by atoms with van der Waals surface area (Å²) >= 11 is 0. The van der Waals surface area contributed by atoms with E-state index in [1.54, 1.807) is 7.11 Å². The van der Waals surface area contributed by atoms with Crippen LogP contribution in [0.5, 0.6) is 0 Å². The molecule has 0 heterocycles. The van der Waals surface area contributed by atoms with Crippen LogP contribution in [0.4, 0.5) is 0 Å². The monoisotopic (exact) mass is 272 g/mol. The van der Waals surface area contributed by atoms with E-state index in [-0.39, 0.29) is 0 Å². The number of nitrogens with one attached hydrogen (secondary N) is 1. The number of hydrogen-bond acceptors (Lipinski definition) is 3. The summed E-state index contributed by atoms with van der Waals surface area (Å²) in [7, 11) is 1.80. The predicted molar refractivity (Wildman–Crippen MR) is 84.8 cm³/mol. The van der Waals surface area contributed by atoms with Crippen LogP contribution in [-0.2, 0) is 4.74 Å². The van der Waals surface area contributed by atoms with Crippen molar-refractivity contribution in [2.75, 3.05) is 26.8 Å². The van der Waals surface area contributed by atoms with E-state index in [9.17, 15) is 0 Å². The molecule has 0 bridgehead atoms. The second-order valence-electron chi connectivity index (χ2n) is 5.46. The maximum absolute atomic E-state index is 5.34. The molecule has 0 aromatic rings. The number of rotatable bonds is 12. The summed E-state index contributed by atoms with van der Waals surface area (Å²) in [6.45, 7) is 14.4. The fourth-order valence-corrected chi connectivity index (χ4v) is 3.03. The summed E-state index contributed by atoms with van der Waals surface area (Å²) < 4.78 is 5.34. The Morgan fingerprint density at radius 2 is 1.79 bits per heavy atom. The molecular formula is C16H36N2O. The fraction of sp³-hybridized carbons (Fsp3) is 1.00. The number of nitrogens with zero attached hydrogens (tertiary/aromatic N) is 1. The fourth-order valence-electron chi connectivity index (χ4n) is 3.03. The van der Waals surface area contributed by atoms with Crippen LogP contribution >= 0.6 is 0 Å². The Hall–Kier alpha value is -0.120. The van der Waals surface area contributed by atoms with Gasteiger partial charge in [0.1, 0.15) is 0 Å². The van der Waals surface area contributed by atoms with Gasteiger partial charge in [0.15, 0.2) is 0 Å². The number of likely N-dealkylation sites (N-methyl/N-ethyl adjacent to an activating group) is 1. The predicted octanol–water partition coefficient (Wildman–Crippen LogP) is 3.29. The van der Waals surface area contributed by atoms with Gasteiger partial charge in [-0.3, -0.25) is 4.90 Å². The van der Waals surface area contributed by atoms with Gasteiger partial charge in [-0.1, -0.05) is 34.1 Å². The minimum absolute atomic E-state index is 0.489. The standard InChI is InChI=1S/C16H36N2O/c1-7-11-15(17-12-8-2)16(9-3)18(10-4)14(5)13-19-6/h14-17H,7-13H2,1-6H3. The van der Waals surface area contributed by atoms with Crippen LogP contribution in [0.15, 0.2) is 0 Å². The zero-order valence-electron chi connectivity index (χ0n) is 14.0. The van der Waals surface area contributed by atoms with Crippen LogP contribution in [0.2, 0.25) is 0 Å². The molecule has 0 aliphatic heterocycles. The Labute approximate surface area is 121 Å². The highest BCUT2D eigenvalue weighted by Crippen LogP contribution is 2.17. The molecule has 3 atom stereocenters.